The number of carbonyl (C=O) groups is 3. The lowest BCUT2D eigenvalue weighted by molar-refractivity contribution is -0.133. The second-order valence-electron chi connectivity index (χ2n) is 6.15. The van der Waals surface area contributed by atoms with Gasteiger partial charge in [0.2, 0.25) is 11.8 Å². The van der Waals surface area contributed by atoms with E-state index in [1.807, 2.05) is 0 Å². The number of ether oxygens (including phenoxy) is 2. The Kier molecular flexibility index (Phi) is 7.56. The maximum atomic E-state index is 12.3. The van der Waals surface area contributed by atoms with Gasteiger partial charge in [-0.05, 0) is 43.3 Å². The van der Waals surface area contributed by atoms with Crippen LogP contribution in [0.2, 0.25) is 0 Å². The lowest BCUT2D eigenvalue weighted by Gasteiger charge is -2.20. The highest BCUT2D eigenvalue weighted by atomic mass is 16.5. The number of Topliss-reactive ketones (excluding diaryl/α,β-unsaturated/α-hetero) is 1. The molecule has 0 bridgehead atoms. The molecule has 2 amide bonds. The van der Waals surface area contributed by atoms with E-state index in [0.717, 1.165) is 5.75 Å². The van der Waals surface area contributed by atoms with E-state index in [9.17, 15) is 14.4 Å². The maximum absolute atomic E-state index is 12.3. The van der Waals surface area contributed by atoms with Crippen molar-refractivity contribution < 1.29 is 23.9 Å². The van der Waals surface area contributed by atoms with Crippen LogP contribution in [0.3, 0.4) is 0 Å². The Morgan fingerprint density at radius 2 is 1.68 bits per heavy atom. The minimum Gasteiger partial charge on any atom is -0.497 e. The highest BCUT2D eigenvalue weighted by Crippen LogP contribution is 2.17. The Labute approximate surface area is 164 Å². The number of hydrogen-bond acceptors (Lipinski definition) is 5. The number of nitrogens with one attached hydrogen (secondary N) is 1. The van der Waals surface area contributed by atoms with Gasteiger partial charge in [0.1, 0.15) is 18.1 Å². The lowest BCUT2D eigenvalue weighted by Crippen LogP contribution is -2.39. The highest BCUT2D eigenvalue weighted by molar-refractivity contribution is 5.98. The van der Waals surface area contributed by atoms with Gasteiger partial charge < -0.3 is 19.7 Å². The van der Waals surface area contributed by atoms with Crippen molar-refractivity contribution in [2.75, 3.05) is 32.1 Å². The van der Waals surface area contributed by atoms with Crippen LogP contribution in [0.4, 0.5) is 5.69 Å². The number of anilines is 1. The molecule has 0 fully saturated rings. The lowest BCUT2D eigenvalue weighted by atomic mass is 10.1. The molecule has 2 aromatic carbocycles. The van der Waals surface area contributed by atoms with Gasteiger partial charge in [0.15, 0.2) is 5.78 Å². The maximum Gasteiger partial charge on any atom is 0.243 e. The molecule has 0 heterocycles. The largest absolute Gasteiger partial charge is 0.497 e. The van der Waals surface area contributed by atoms with Crippen LogP contribution in [-0.4, -0.2) is 49.3 Å². The number of ketones is 1. The number of nitrogens with zero attached hydrogens (tertiary/aromatic N) is 1. The summed E-state index contributed by atoms with van der Waals surface area (Å²) in [5.41, 5.74) is 1.02. The quantitative estimate of drug-likeness (QED) is 0.672. The molecule has 28 heavy (non-hydrogen) atoms. The molecule has 0 spiro atoms. The number of hydrogen-bond donors (Lipinski definition) is 1. The predicted octanol–water partition coefficient (Wildman–Crippen LogP) is 2.76. The molecule has 7 nitrogen and oxygen atoms in total. The first kappa shape index (κ1) is 21.0. The van der Waals surface area contributed by atoms with E-state index in [-0.39, 0.29) is 37.3 Å². The molecule has 0 atom stereocenters. The van der Waals surface area contributed by atoms with Crippen LogP contribution in [0.5, 0.6) is 11.5 Å². The van der Waals surface area contributed by atoms with E-state index in [2.05, 4.69) is 5.32 Å². The molecular formula is C21H24N2O5. The number of carbonyl (C=O) groups excluding carboxylic acids is 3. The molecule has 0 saturated carbocycles. The fraction of sp³-hybridized carbons (Fsp3) is 0.286. The Morgan fingerprint density at radius 3 is 2.29 bits per heavy atom. The smallest absolute Gasteiger partial charge is 0.243 e. The summed E-state index contributed by atoms with van der Waals surface area (Å²) in [4.78, 5) is 36.9. The van der Waals surface area contributed by atoms with Crippen LogP contribution >= 0.6 is 0 Å². The van der Waals surface area contributed by atoms with Crippen molar-refractivity contribution in [3.63, 3.8) is 0 Å². The van der Waals surface area contributed by atoms with Crippen LogP contribution in [-0.2, 0) is 9.59 Å². The van der Waals surface area contributed by atoms with Crippen LogP contribution in [0.1, 0.15) is 24.2 Å². The summed E-state index contributed by atoms with van der Waals surface area (Å²) in [6.45, 7) is 3.27. The summed E-state index contributed by atoms with van der Waals surface area (Å²) in [5.74, 6) is 0.710. The van der Waals surface area contributed by atoms with Gasteiger partial charge in [0.25, 0.3) is 0 Å². The Morgan fingerprint density at radius 1 is 1.00 bits per heavy atom. The number of amides is 2. The average Bonchev–Trinajstić information content (AvgIpc) is 2.67. The normalized spacial score (nSPS) is 10.1. The first-order valence-electron chi connectivity index (χ1n) is 8.82. The molecule has 2 aromatic rings. The van der Waals surface area contributed by atoms with Crippen molar-refractivity contribution in [2.45, 2.75) is 13.8 Å². The van der Waals surface area contributed by atoms with Crippen molar-refractivity contribution in [3.05, 3.63) is 54.1 Å². The molecule has 0 aliphatic carbocycles. The standard InChI is InChI=1S/C21H24N2O5/c1-15(24)17-5-4-6-18(13-17)22-21(26)14-23(16(2)25)11-12-28-20-9-7-19(27-3)8-10-20/h4-10,13H,11-12,14H2,1-3H3,(H,22,26). The van der Waals surface area contributed by atoms with E-state index in [1.165, 1.54) is 18.7 Å². The van der Waals surface area contributed by atoms with Gasteiger partial charge in [-0.25, -0.2) is 0 Å². The number of rotatable bonds is 9. The van der Waals surface area contributed by atoms with Gasteiger partial charge in [0, 0.05) is 18.2 Å². The van der Waals surface area contributed by atoms with Crippen LogP contribution in [0.15, 0.2) is 48.5 Å². The van der Waals surface area contributed by atoms with E-state index in [0.29, 0.717) is 17.0 Å². The van der Waals surface area contributed by atoms with Crippen molar-refractivity contribution in [3.8, 4) is 11.5 Å². The Bertz CT molecular complexity index is 833. The summed E-state index contributed by atoms with van der Waals surface area (Å²) < 4.78 is 10.7. The van der Waals surface area contributed by atoms with Crippen LogP contribution in [0.25, 0.3) is 0 Å². The van der Waals surface area contributed by atoms with E-state index >= 15 is 0 Å². The third-order valence-electron chi connectivity index (χ3n) is 4.02. The summed E-state index contributed by atoms with van der Waals surface area (Å²) in [6, 6.07) is 13.8. The van der Waals surface area contributed by atoms with Crippen molar-refractivity contribution >= 4 is 23.3 Å². The molecular weight excluding hydrogens is 360 g/mol. The fourth-order valence-electron chi connectivity index (χ4n) is 2.48. The SMILES string of the molecule is COc1ccc(OCCN(CC(=O)Nc2cccc(C(C)=O)c2)C(C)=O)cc1. The van der Waals surface area contributed by atoms with Crippen LogP contribution in [0, 0.1) is 0 Å². The fourth-order valence-corrected chi connectivity index (χ4v) is 2.48. The molecule has 0 aliphatic rings. The van der Waals surface area contributed by atoms with Gasteiger partial charge >= 0.3 is 0 Å². The van der Waals surface area contributed by atoms with Gasteiger partial charge in [0.05, 0.1) is 20.2 Å². The third kappa shape index (κ3) is 6.42. The van der Waals surface area contributed by atoms with E-state index in [4.69, 9.17) is 9.47 Å². The number of benzene rings is 2. The average molecular weight is 384 g/mol. The molecule has 148 valence electrons. The first-order valence-corrected chi connectivity index (χ1v) is 8.82. The minimum absolute atomic E-state index is 0.0860. The molecule has 2 rings (SSSR count). The van der Waals surface area contributed by atoms with Gasteiger partial charge in [-0.15, -0.1) is 0 Å². The highest BCUT2D eigenvalue weighted by Gasteiger charge is 2.14. The second kappa shape index (κ2) is 10.1. The molecule has 0 aliphatic heterocycles. The van der Waals surface area contributed by atoms with Gasteiger partial charge in [-0.1, -0.05) is 12.1 Å². The van der Waals surface area contributed by atoms with Crippen LogP contribution < -0.4 is 14.8 Å². The zero-order valence-electron chi connectivity index (χ0n) is 16.2. The second-order valence-corrected chi connectivity index (χ2v) is 6.15. The Hall–Kier alpha value is -3.35. The predicted molar refractivity (Wildman–Crippen MR) is 106 cm³/mol. The van der Waals surface area contributed by atoms with E-state index < -0.39 is 0 Å². The topological polar surface area (TPSA) is 84.9 Å². The summed E-state index contributed by atoms with van der Waals surface area (Å²) in [7, 11) is 1.59. The summed E-state index contributed by atoms with van der Waals surface area (Å²) >= 11 is 0. The molecule has 7 heteroatoms. The van der Waals surface area contributed by atoms with Crippen molar-refractivity contribution in [2.24, 2.45) is 0 Å². The number of methoxy groups -OCH3 is 1. The third-order valence-corrected chi connectivity index (χ3v) is 4.02. The Balaban J connectivity index is 1.87. The summed E-state index contributed by atoms with van der Waals surface area (Å²) in [6.07, 6.45) is 0. The van der Waals surface area contributed by atoms with Gasteiger partial charge in [-0.2, -0.15) is 0 Å². The molecule has 0 unspecified atom stereocenters. The molecule has 0 saturated heterocycles. The first-order chi connectivity index (χ1) is 13.4. The van der Waals surface area contributed by atoms with Gasteiger partial charge in [-0.3, -0.25) is 14.4 Å². The molecule has 1 N–H and O–H groups in total. The minimum atomic E-state index is -0.347. The zero-order chi connectivity index (χ0) is 20.5. The zero-order valence-corrected chi connectivity index (χ0v) is 16.2. The molecule has 0 radical (unpaired) electrons. The van der Waals surface area contributed by atoms with Crippen molar-refractivity contribution in [1.29, 1.82) is 0 Å². The van der Waals surface area contributed by atoms with Crippen molar-refractivity contribution in [1.82, 2.24) is 4.90 Å². The summed E-state index contributed by atoms with van der Waals surface area (Å²) in [5, 5.41) is 2.70. The molecule has 0 aromatic heterocycles. The van der Waals surface area contributed by atoms with E-state index in [1.54, 1.807) is 55.6 Å². The monoisotopic (exact) mass is 384 g/mol.